The number of amides is 1. The van der Waals surface area contributed by atoms with E-state index in [1.165, 1.54) is 12.1 Å². The van der Waals surface area contributed by atoms with Crippen LogP contribution < -0.4 is 5.73 Å². The van der Waals surface area contributed by atoms with E-state index >= 15 is 0 Å². The number of primary amides is 1. The third-order valence-electron chi connectivity index (χ3n) is 3.99. The Morgan fingerprint density at radius 2 is 2.33 bits per heavy atom. The first-order valence-corrected chi connectivity index (χ1v) is 7.74. The summed E-state index contributed by atoms with van der Waals surface area (Å²) in [5, 5.41) is 3.91. The van der Waals surface area contributed by atoms with Crippen molar-refractivity contribution >= 4 is 5.91 Å². The zero-order chi connectivity index (χ0) is 17.1. The highest BCUT2D eigenvalue weighted by molar-refractivity contribution is 5.80. The summed E-state index contributed by atoms with van der Waals surface area (Å²) < 4.78 is 23.9. The maximum absolute atomic E-state index is 13.2. The lowest BCUT2D eigenvalue weighted by atomic mass is 10.1. The predicted molar refractivity (Wildman–Crippen MR) is 82.3 cm³/mol. The summed E-state index contributed by atoms with van der Waals surface area (Å²) in [4.78, 5) is 17.8. The molecule has 2 N–H and O–H groups in total. The largest absolute Gasteiger partial charge is 0.375 e. The highest BCUT2D eigenvalue weighted by atomic mass is 19.1. The van der Waals surface area contributed by atoms with Crippen LogP contribution in [0.4, 0.5) is 4.39 Å². The summed E-state index contributed by atoms with van der Waals surface area (Å²) in [6.45, 7) is 3.19. The second-order valence-corrected chi connectivity index (χ2v) is 5.80. The summed E-state index contributed by atoms with van der Waals surface area (Å²) in [7, 11) is 0. The molecule has 0 bridgehead atoms. The van der Waals surface area contributed by atoms with Gasteiger partial charge in [0.1, 0.15) is 11.9 Å². The Bertz CT molecular complexity index is 721. The summed E-state index contributed by atoms with van der Waals surface area (Å²) in [5.41, 5.74) is 6.22. The van der Waals surface area contributed by atoms with E-state index in [1.54, 1.807) is 12.1 Å². The molecule has 1 amide bonds. The van der Waals surface area contributed by atoms with Crippen molar-refractivity contribution in [1.29, 1.82) is 0 Å². The molecule has 0 spiro atoms. The van der Waals surface area contributed by atoms with Crippen LogP contribution in [-0.2, 0) is 22.5 Å². The molecule has 128 valence electrons. The van der Waals surface area contributed by atoms with Gasteiger partial charge in [-0.2, -0.15) is 4.98 Å². The minimum Gasteiger partial charge on any atom is -0.375 e. The fourth-order valence-electron chi connectivity index (χ4n) is 2.90. The topological polar surface area (TPSA) is 94.5 Å². The van der Waals surface area contributed by atoms with Crippen molar-refractivity contribution in [3.05, 3.63) is 47.4 Å². The van der Waals surface area contributed by atoms with Gasteiger partial charge in [0.25, 0.3) is 0 Å². The number of halogens is 1. The van der Waals surface area contributed by atoms with Gasteiger partial charge in [0.2, 0.25) is 11.8 Å². The van der Waals surface area contributed by atoms with Gasteiger partial charge < -0.3 is 15.0 Å². The molecule has 2 aromatic rings. The molecule has 0 aliphatic carbocycles. The van der Waals surface area contributed by atoms with E-state index in [1.807, 2.05) is 11.8 Å². The number of carbonyl (C=O) groups is 1. The number of benzene rings is 1. The number of morpholine rings is 1. The minimum atomic E-state index is -0.530. The smallest absolute Gasteiger partial charge is 0.240 e. The summed E-state index contributed by atoms with van der Waals surface area (Å²) in [6, 6.07) is 5.72. The van der Waals surface area contributed by atoms with E-state index < -0.39 is 11.9 Å². The highest BCUT2D eigenvalue weighted by Gasteiger charge is 2.34. The van der Waals surface area contributed by atoms with Crippen molar-refractivity contribution in [2.45, 2.75) is 32.0 Å². The lowest BCUT2D eigenvalue weighted by Gasteiger charge is -2.36. The van der Waals surface area contributed by atoms with Crippen LogP contribution in [0.5, 0.6) is 0 Å². The lowest BCUT2D eigenvalue weighted by molar-refractivity contribution is -0.136. The summed E-state index contributed by atoms with van der Waals surface area (Å²) >= 11 is 0. The van der Waals surface area contributed by atoms with Gasteiger partial charge in [0.15, 0.2) is 5.82 Å². The van der Waals surface area contributed by atoms with E-state index in [9.17, 15) is 9.18 Å². The molecule has 7 nitrogen and oxygen atoms in total. The summed E-state index contributed by atoms with van der Waals surface area (Å²) in [6.07, 6.45) is 0.0889. The van der Waals surface area contributed by atoms with Gasteiger partial charge in [-0.05, 0) is 24.6 Å². The van der Waals surface area contributed by atoms with E-state index in [-0.39, 0.29) is 11.9 Å². The van der Waals surface area contributed by atoms with Crippen molar-refractivity contribution in [1.82, 2.24) is 15.0 Å². The third-order valence-corrected chi connectivity index (χ3v) is 3.99. The zero-order valence-corrected chi connectivity index (χ0v) is 13.3. The fourth-order valence-corrected chi connectivity index (χ4v) is 2.90. The Balaban J connectivity index is 1.68. The maximum Gasteiger partial charge on any atom is 0.240 e. The number of aromatic nitrogens is 2. The molecule has 1 aliphatic rings. The second kappa shape index (κ2) is 7.06. The zero-order valence-electron chi connectivity index (χ0n) is 13.3. The molecule has 24 heavy (non-hydrogen) atoms. The molecule has 0 unspecified atom stereocenters. The molecule has 3 rings (SSSR count). The standard InChI is InChI=1S/C16H19FN4O3/c1-10-15(16(18)22)21(5-6-23-10)9-14-19-13(20-24-14)8-11-3-2-4-12(17)7-11/h2-4,7,10,15H,5-6,8-9H2,1H3,(H2,18,22)/t10-,15+/m1/s1. The minimum absolute atomic E-state index is 0.286. The van der Waals surface area contributed by atoms with Gasteiger partial charge in [-0.25, -0.2) is 4.39 Å². The quantitative estimate of drug-likeness (QED) is 0.872. The molecule has 1 aromatic heterocycles. The van der Waals surface area contributed by atoms with Crippen molar-refractivity contribution in [3.8, 4) is 0 Å². The van der Waals surface area contributed by atoms with Crippen LogP contribution in [0.15, 0.2) is 28.8 Å². The molecule has 1 fully saturated rings. The number of ether oxygens (including phenoxy) is 1. The summed E-state index contributed by atoms with van der Waals surface area (Å²) in [5.74, 6) is 0.110. The predicted octanol–water partition coefficient (Wildman–Crippen LogP) is 0.874. The first-order valence-electron chi connectivity index (χ1n) is 7.74. The lowest BCUT2D eigenvalue weighted by Crippen LogP contribution is -2.56. The van der Waals surface area contributed by atoms with Crippen LogP contribution in [-0.4, -0.2) is 46.2 Å². The molecular weight excluding hydrogens is 315 g/mol. The average molecular weight is 334 g/mol. The number of carbonyl (C=O) groups excluding carboxylic acids is 1. The van der Waals surface area contributed by atoms with Gasteiger partial charge in [0, 0.05) is 13.0 Å². The van der Waals surface area contributed by atoms with Crippen LogP contribution in [0.25, 0.3) is 0 Å². The first-order chi connectivity index (χ1) is 11.5. The number of hydrogen-bond donors (Lipinski definition) is 1. The van der Waals surface area contributed by atoms with E-state index in [0.717, 1.165) is 5.56 Å². The highest BCUT2D eigenvalue weighted by Crippen LogP contribution is 2.17. The number of hydrogen-bond acceptors (Lipinski definition) is 6. The SMILES string of the molecule is C[C@H]1OCCN(Cc2nc(Cc3cccc(F)c3)no2)[C@@H]1C(N)=O. The fraction of sp³-hybridized carbons (Fsp3) is 0.438. The monoisotopic (exact) mass is 334 g/mol. The third kappa shape index (κ3) is 3.77. The molecule has 0 radical (unpaired) electrons. The second-order valence-electron chi connectivity index (χ2n) is 5.80. The molecule has 2 heterocycles. The van der Waals surface area contributed by atoms with Gasteiger partial charge in [-0.1, -0.05) is 17.3 Å². The van der Waals surface area contributed by atoms with Gasteiger partial charge >= 0.3 is 0 Å². The Kier molecular flexibility index (Phi) is 4.86. The van der Waals surface area contributed by atoms with Crippen LogP contribution >= 0.6 is 0 Å². The van der Waals surface area contributed by atoms with Crippen LogP contribution in [0.1, 0.15) is 24.2 Å². The van der Waals surface area contributed by atoms with Crippen molar-refractivity contribution < 1.29 is 18.4 Å². The number of rotatable bonds is 5. The van der Waals surface area contributed by atoms with E-state index in [4.69, 9.17) is 15.0 Å². The van der Waals surface area contributed by atoms with Gasteiger partial charge in [-0.15, -0.1) is 0 Å². The molecule has 8 heteroatoms. The Hall–Kier alpha value is -2.32. The molecule has 1 aromatic carbocycles. The normalized spacial score (nSPS) is 21.8. The number of nitrogens with two attached hydrogens (primary N) is 1. The molecule has 0 saturated carbocycles. The first kappa shape index (κ1) is 16.5. The molecule has 1 saturated heterocycles. The molecular formula is C16H19FN4O3. The van der Waals surface area contributed by atoms with Crippen LogP contribution in [0, 0.1) is 5.82 Å². The van der Waals surface area contributed by atoms with Crippen LogP contribution in [0.3, 0.4) is 0 Å². The Morgan fingerprint density at radius 1 is 1.50 bits per heavy atom. The van der Waals surface area contributed by atoms with E-state index in [0.29, 0.717) is 37.8 Å². The van der Waals surface area contributed by atoms with Gasteiger partial charge in [-0.3, -0.25) is 9.69 Å². The van der Waals surface area contributed by atoms with Gasteiger partial charge in [0.05, 0.1) is 19.3 Å². The Morgan fingerprint density at radius 3 is 3.08 bits per heavy atom. The number of nitrogens with zero attached hydrogens (tertiary/aromatic N) is 3. The molecule has 1 aliphatic heterocycles. The van der Waals surface area contributed by atoms with Crippen molar-refractivity contribution in [3.63, 3.8) is 0 Å². The average Bonchev–Trinajstić information content (AvgIpc) is 2.94. The maximum atomic E-state index is 13.2. The van der Waals surface area contributed by atoms with E-state index in [2.05, 4.69) is 10.1 Å². The van der Waals surface area contributed by atoms with Crippen molar-refractivity contribution in [2.24, 2.45) is 5.73 Å². The molecule has 2 atom stereocenters. The van der Waals surface area contributed by atoms with Crippen LogP contribution in [0.2, 0.25) is 0 Å². The van der Waals surface area contributed by atoms with Crippen molar-refractivity contribution in [2.75, 3.05) is 13.2 Å². The Labute approximate surface area is 138 Å².